The molecular weight excluding hydrogens is 384 g/mol. The monoisotopic (exact) mass is 400 g/mol. The van der Waals surface area contributed by atoms with Gasteiger partial charge in [0.05, 0.1) is 10.4 Å². The molecule has 0 amide bonds. The van der Waals surface area contributed by atoms with Crippen LogP contribution >= 0.6 is 11.8 Å². The molecule has 0 fully saturated rings. The largest absolute Gasteiger partial charge is 0.419 e. The van der Waals surface area contributed by atoms with Gasteiger partial charge in [0.2, 0.25) is 5.16 Å². The number of thioether (sulfide) groups is 1. The summed E-state index contributed by atoms with van der Waals surface area (Å²) in [5.41, 5.74) is 2.52. The summed E-state index contributed by atoms with van der Waals surface area (Å²) in [5, 5.41) is 16.0. The van der Waals surface area contributed by atoms with E-state index in [0.29, 0.717) is 40.8 Å². The third-order valence-corrected chi connectivity index (χ3v) is 5.14. The second-order valence-corrected chi connectivity index (χ2v) is 7.34. The average molecular weight is 400 g/mol. The Balaban J connectivity index is 1.46. The fourth-order valence-corrected chi connectivity index (χ4v) is 3.71. The van der Waals surface area contributed by atoms with Crippen LogP contribution in [0.2, 0.25) is 0 Å². The lowest BCUT2D eigenvalue weighted by atomic mass is 10.3. The zero-order chi connectivity index (χ0) is 19.8. The van der Waals surface area contributed by atoms with Crippen LogP contribution in [0.3, 0.4) is 0 Å². The molecule has 4 rings (SSSR count). The molecule has 0 spiro atoms. The summed E-state index contributed by atoms with van der Waals surface area (Å²) in [6.45, 7) is 4.23. The highest BCUT2D eigenvalue weighted by molar-refractivity contribution is 7.99. The minimum Gasteiger partial charge on any atom is -0.408 e. The minimum absolute atomic E-state index is 0.0801. The van der Waals surface area contributed by atoms with E-state index in [1.807, 2.05) is 19.9 Å². The molecule has 0 N–H and O–H groups in total. The van der Waals surface area contributed by atoms with Crippen molar-refractivity contribution in [1.29, 1.82) is 0 Å². The first-order valence-electron chi connectivity index (χ1n) is 8.54. The SMILES string of the molecule is Cc1cc(C)n2nc(SCCCn3c(=O)oc4ccc([N+](=O)[O-])cc43)nc2n1. The van der Waals surface area contributed by atoms with Crippen molar-refractivity contribution in [1.82, 2.24) is 24.1 Å². The molecule has 10 nitrogen and oxygen atoms in total. The van der Waals surface area contributed by atoms with E-state index < -0.39 is 10.7 Å². The first-order valence-corrected chi connectivity index (χ1v) is 9.52. The number of fused-ring (bicyclic) bond motifs is 2. The van der Waals surface area contributed by atoms with Gasteiger partial charge < -0.3 is 4.42 Å². The van der Waals surface area contributed by atoms with E-state index in [-0.39, 0.29) is 5.69 Å². The summed E-state index contributed by atoms with van der Waals surface area (Å²) in [4.78, 5) is 31.3. The molecular formula is C17H16N6O4S. The quantitative estimate of drug-likeness (QED) is 0.210. The number of benzene rings is 1. The van der Waals surface area contributed by atoms with Crippen LogP contribution in [0.1, 0.15) is 17.8 Å². The predicted octanol–water partition coefficient (Wildman–Crippen LogP) is 2.74. The number of hydrogen-bond acceptors (Lipinski definition) is 8. The van der Waals surface area contributed by atoms with Gasteiger partial charge in [-0.25, -0.2) is 14.3 Å². The molecule has 0 saturated carbocycles. The molecule has 0 atom stereocenters. The molecule has 0 bridgehead atoms. The van der Waals surface area contributed by atoms with Gasteiger partial charge in [-0.2, -0.15) is 4.98 Å². The molecule has 0 aliphatic carbocycles. The van der Waals surface area contributed by atoms with Crippen molar-refractivity contribution in [3.63, 3.8) is 0 Å². The second kappa shape index (κ2) is 7.08. The smallest absolute Gasteiger partial charge is 0.408 e. The lowest BCUT2D eigenvalue weighted by molar-refractivity contribution is -0.384. The van der Waals surface area contributed by atoms with E-state index in [1.165, 1.54) is 34.5 Å². The Hall–Kier alpha value is -3.21. The van der Waals surface area contributed by atoms with E-state index in [1.54, 1.807) is 4.52 Å². The molecule has 3 heterocycles. The van der Waals surface area contributed by atoms with Crippen molar-refractivity contribution >= 4 is 34.3 Å². The van der Waals surface area contributed by atoms with Crippen LogP contribution in [-0.2, 0) is 6.54 Å². The summed E-state index contributed by atoms with van der Waals surface area (Å²) in [6, 6.07) is 6.05. The Morgan fingerprint density at radius 2 is 2.07 bits per heavy atom. The van der Waals surface area contributed by atoms with Gasteiger partial charge in [0.25, 0.3) is 11.5 Å². The number of nitrogens with zero attached hydrogens (tertiary/aromatic N) is 6. The van der Waals surface area contributed by atoms with Gasteiger partial charge in [-0.1, -0.05) is 11.8 Å². The maximum Gasteiger partial charge on any atom is 0.419 e. The average Bonchev–Trinajstić information content (AvgIpc) is 3.18. The molecule has 11 heteroatoms. The third-order valence-electron chi connectivity index (χ3n) is 4.22. The number of hydrogen-bond donors (Lipinski definition) is 0. The van der Waals surface area contributed by atoms with E-state index in [2.05, 4.69) is 15.1 Å². The van der Waals surface area contributed by atoms with Crippen LogP contribution in [0.15, 0.2) is 38.6 Å². The molecule has 28 heavy (non-hydrogen) atoms. The van der Waals surface area contributed by atoms with Gasteiger partial charge in [-0.3, -0.25) is 14.7 Å². The number of aryl methyl sites for hydroxylation is 3. The highest BCUT2D eigenvalue weighted by atomic mass is 32.2. The zero-order valence-electron chi connectivity index (χ0n) is 15.2. The number of rotatable bonds is 6. The van der Waals surface area contributed by atoms with Crippen molar-refractivity contribution in [3.8, 4) is 0 Å². The Labute approximate surface area is 162 Å². The van der Waals surface area contributed by atoms with Crippen molar-refractivity contribution in [2.24, 2.45) is 0 Å². The first-order chi connectivity index (χ1) is 13.4. The summed E-state index contributed by atoms with van der Waals surface area (Å²) < 4.78 is 8.26. The molecule has 0 aliphatic rings. The van der Waals surface area contributed by atoms with Crippen LogP contribution in [-0.4, -0.2) is 34.8 Å². The number of aromatic nitrogens is 5. The minimum atomic E-state index is -0.526. The van der Waals surface area contributed by atoms with Crippen LogP contribution in [0.4, 0.5) is 5.69 Å². The maximum atomic E-state index is 12.1. The summed E-state index contributed by atoms with van der Waals surface area (Å²) in [5.74, 6) is 0.703. The second-order valence-electron chi connectivity index (χ2n) is 6.28. The Bertz CT molecular complexity index is 1260. The molecule has 144 valence electrons. The molecule has 0 saturated heterocycles. The standard InChI is InChI=1S/C17H16N6O4S/c1-10-8-11(2)22-15(18-10)19-16(20-22)28-7-3-6-21-13-9-12(23(25)26)4-5-14(13)27-17(21)24/h4-5,8-9H,3,6-7H2,1-2H3. The van der Waals surface area contributed by atoms with Crippen LogP contribution in [0.25, 0.3) is 16.9 Å². The van der Waals surface area contributed by atoms with Crippen LogP contribution in [0, 0.1) is 24.0 Å². The van der Waals surface area contributed by atoms with Crippen molar-refractivity contribution in [3.05, 3.63) is 56.3 Å². The van der Waals surface area contributed by atoms with Gasteiger partial charge in [-0.05, 0) is 32.4 Å². The summed E-state index contributed by atoms with van der Waals surface area (Å²) in [7, 11) is 0. The fourth-order valence-electron chi connectivity index (χ4n) is 2.97. The highest BCUT2D eigenvalue weighted by Gasteiger charge is 2.14. The molecule has 3 aromatic heterocycles. The molecule has 0 unspecified atom stereocenters. The van der Waals surface area contributed by atoms with E-state index in [9.17, 15) is 14.9 Å². The molecule has 0 aliphatic heterocycles. The highest BCUT2D eigenvalue weighted by Crippen LogP contribution is 2.21. The fraction of sp³-hybridized carbons (Fsp3) is 0.294. The van der Waals surface area contributed by atoms with Crippen LogP contribution in [0.5, 0.6) is 0 Å². The number of nitro benzene ring substituents is 1. The Kier molecular flexibility index (Phi) is 4.59. The molecule has 4 aromatic rings. The maximum absolute atomic E-state index is 12.1. The zero-order valence-corrected chi connectivity index (χ0v) is 16.0. The van der Waals surface area contributed by atoms with Crippen molar-refractivity contribution in [2.45, 2.75) is 32.0 Å². The normalized spacial score (nSPS) is 11.5. The number of non-ortho nitro benzene ring substituents is 1. The lowest BCUT2D eigenvalue weighted by Crippen LogP contribution is -2.14. The van der Waals surface area contributed by atoms with Gasteiger partial charge in [0.15, 0.2) is 5.58 Å². The predicted molar refractivity (Wildman–Crippen MR) is 103 cm³/mol. The summed E-state index contributed by atoms with van der Waals surface area (Å²) in [6.07, 6.45) is 0.642. The molecule has 0 radical (unpaired) electrons. The lowest BCUT2D eigenvalue weighted by Gasteiger charge is -2.01. The van der Waals surface area contributed by atoms with Crippen LogP contribution < -0.4 is 5.76 Å². The molecule has 1 aromatic carbocycles. The Morgan fingerprint density at radius 1 is 1.25 bits per heavy atom. The van der Waals surface area contributed by atoms with Gasteiger partial charge in [0.1, 0.15) is 0 Å². The number of oxazole rings is 1. The van der Waals surface area contributed by atoms with Gasteiger partial charge >= 0.3 is 5.76 Å². The van der Waals surface area contributed by atoms with Gasteiger partial charge in [0, 0.05) is 35.8 Å². The van der Waals surface area contributed by atoms with Crippen molar-refractivity contribution in [2.75, 3.05) is 5.75 Å². The first kappa shape index (κ1) is 18.2. The van der Waals surface area contributed by atoms with E-state index in [0.717, 1.165) is 11.4 Å². The third kappa shape index (κ3) is 3.36. The van der Waals surface area contributed by atoms with E-state index in [4.69, 9.17) is 4.42 Å². The topological polar surface area (TPSA) is 121 Å². The van der Waals surface area contributed by atoms with Gasteiger partial charge in [-0.15, -0.1) is 5.10 Å². The van der Waals surface area contributed by atoms with E-state index >= 15 is 0 Å². The van der Waals surface area contributed by atoms with Crippen molar-refractivity contribution < 1.29 is 9.34 Å². The Morgan fingerprint density at radius 3 is 2.86 bits per heavy atom. The summed E-state index contributed by atoms with van der Waals surface area (Å²) >= 11 is 1.46. The number of nitro groups is 1.